The number of fused-ring (bicyclic) bond motifs is 1. The van der Waals surface area contributed by atoms with Crippen molar-refractivity contribution < 1.29 is 24.7 Å². The summed E-state index contributed by atoms with van der Waals surface area (Å²) in [7, 11) is 0. The van der Waals surface area contributed by atoms with Gasteiger partial charge in [0.25, 0.3) is 0 Å². The monoisotopic (exact) mass is 426 g/mol. The molecule has 1 aliphatic rings. The fourth-order valence-corrected chi connectivity index (χ4v) is 3.75. The van der Waals surface area contributed by atoms with Gasteiger partial charge in [0.05, 0.1) is 17.3 Å². The summed E-state index contributed by atoms with van der Waals surface area (Å²) in [6.07, 6.45) is 1.58. The maximum absolute atomic E-state index is 14.7. The lowest BCUT2D eigenvalue weighted by Gasteiger charge is -2.44. The Morgan fingerprint density at radius 2 is 2.20 bits per heavy atom. The number of aliphatic hydroxyl groups excluding tert-OH is 1. The topological polar surface area (TPSA) is 110 Å². The number of pyridine rings is 2. The number of anilines is 1. The van der Waals surface area contributed by atoms with Gasteiger partial charge in [0.1, 0.15) is 5.69 Å². The molecule has 4 N–H and O–H groups in total. The number of piperazine rings is 1. The average Bonchev–Trinajstić information content (AvgIpc) is 3.17. The number of hydrogen-bond acceptors (Lipinski definition) is 7. The lowest BCUT2D eigenvalue weighted by Crippen LogP contribution is -2.63. The van der Waals surface area contributed by atoms with Gasteiger partial charge in [-0.25, -0.2) is 18.7 Å². The number of rotatable bonds is 5. The Balaban J connectivity index is 0.00000272. The number of nitrogens with zero attached hydrogens (tertiary/aromatic N) is 4. The van der Waals surface area contributed by atoms with Crippen LogP contribution in [0.2, 0.25) is 0 Å². The first-order valence-corrected chi connectivity index (χ1v) is 9.80. The van der Waals surface area contributed by atoms with Crippen molar-refractivity contribution in [2.24, 2.45) is 5.92 Å². The van der Waals surface area contributed by atoms with Crippen LogP contribution in [0.3, 0.4) is 0 Å². The summed E-state index contributed by atoms with van der Waals surface area (Å²) in [6.45, 7) is 4.35. The van der Waals surface area contributed by atoms with E-state index in [9.17, 15) is 19.0 Å². The highest BCUT2D eigenvalue weighted by Crippen LogP contribution is 2.31. The molecule has 0 radical (unpaired) electrons. The van der Waals surface area contributed by atoms with E-state index in [0.717, 1.165) is 6.07 Å². The number of aromatic amines is 1. The van der Waals surface area contributed by atoms with E-state index in [1.807, 2.05) is 0 Å². The van der Waals surface area contributed by atoms with Crippen LogP contribution in [0.15, 0.2) is 24.4 Å². The third kappa shape index (κ3) is 3.51. The highest BCUT2D eigenvalue weighted by molar-refractivity contribution is 5.89. The van der Waals surface area contributed by atoms with Crippen LogP contribution in [0.1, 0.15) is 19.6 Å². The summed E-state index contributed by atoms with van der Waals surface area (Å²) in [5, 5.41) is 30.9. The Hall–Kier alpha value is -2.69. The molecule has 1 fully saturated rings. The van der Waals surface area contributed by atoms with Crippen LogP contribution in [0, 0.1) is 17.6 Å². The molecule has 0 aliphatic carbocycles. The van der Waals surface area contributed by atoms with Crippen molar-refractivity contribution in [2.45, 2.75) is 25.5 Å². The number of hydrogen-bond donors (Lipinski definition) is 4. The van der Waals surface area contributed by atoms with Crippen LogP contribution in [0.4, 0.5) is 14.6 Å². The van der Waals surface area contributed by atoms with Crippen LogP contribution in [-0.4, -0.2) is 68.3 Å². The van der Waals surface area contributed by atoms with E-state index >= 15 is 0 Å². The molecule has 30 heavy (non-hydrogen) atoms. The minimum Gasteiger partial charge on any atom is -0.396 e. The van der Waals surface area contributed by atoms with Crippen LogP contribution >= 0.6 is 0 Å². The molecule has 168 valence electrons. The van der Waals surface area contributed by atoms with Crippen molar-refractivity contribution in [3.63, 3.8) is 0 Å². The van der Waals surface area contributed by atoms with Crippen molar-refractivity contribution in [3.05, 3.63) is 36.0 Å². The predicted octanol–water partition coefficient (Wildman–Crippen LogP) is 2.44. The second-order valence-corrected chi connectivity index (χ2v) is 7.86. The third-order valence-electron chi connectivity index (χ3n) is 5.93. The fraction of sp³-hybridized carbons (Fsp3) is 0.450. The SMILES string of the molecule is CC(CO)[C@](C)(O)[C@@H]1CN(c2nc(-c3[nH]nc4ncccc34)c(F)cc2F)CCN1.[HH].[HH].[HH].[HH]. The maximum atomic E-state index is 14.7. The van der Waals surface area contributed by atoms with E-state index < -0.39 is 23.3 Å². The fourth-order valence-electron chi connectivity index (χ4n) is 3.75. The van der Waals surface area contributed by atoms with Gasteiger partial charge in [0, 0.05) is 55.5 Å². The first-order chi connectivity index (χ1) is 14.3. The minimum atomic E-state index is -1.22. The van der Waals surface area contributed by atoms with Crippen molar-refractivity contribution >= 4 is 16.9 Å². The summed E-state index contributed by atoms with van der Waals surface area (Å²) >= 11 is 0. The van der Waals surface area contributed by atoms with Crippen LogP contribution in [-0.2, 0) is 0 Å². The van der Waals surface area contributed by atoms with Crippen molar-refractivity contribution in [1.29, 1.82) is 0 Å². The molecule has 10 heteroatoms. The quantitative estimate of drug-likeness (QED) is 0.496. The molecular formula is C20H32F2N6O2. The van der Waals surface area contributed by atoms with Gasteiger partial charge < -0.3 is 20.4 Å². The molecule has 4 heterocycles. The molecule has 3 atom stereocenters. The molecule has 1 aliphatic heterocycles. The lowest BCUT2D eigenvalue weighted by atomic mass is 9.83. The molecule has 8 nitrogen and oxygen atoms in total. The number of H-pyrrole nitrogens is 1. The molecular weight excluding hydrogens is 394 g/mol. The average molecular weight is 427 g/mol. The predicted molar refractivity (Wildman–Crippen MR) is 116 cm³/mol. The Kier molecular flexibility index (Phi) is 5.39. The third-order valence-corrected chi connectivity index (χ3v) is 5.93. The van der Waals surface area contributed by atoms with Gasteiger partial charge in [-0.2, -0.15) is 5.10 Å². The first-order valence-electron chi connectivity index (χ1n) is 9.80. The van der Waals surface area contributed by atoms with Gasteiger partial charge in [-0.05, 0) is 19.1 Å². The van der Waals surface area contributed by atoms with Crippen LogP contribution in [0.25, 0.3) is 22.4 Å². The van der Waals surface area contributed by atoms with E-state index in [0.29, 0.717) is 29.8 Å². The smallest absolute Gasteiger partial charge is 0.181 e. The maximum Gasteiger partial charge on any atom is 0.181 e. The zero-order valence-corrected chi connectivity index (χ0v) is 16.7. The molecule has 3 aromatic heterocycles. The van der Waals surface area contributed by atoms with Crippen LogP contribution in [0.5, 0.6) is 0 Å². The van der Waals surface area contributed by atoms with Crippen molar-refractivity contribution in [2.75, 3.05) is 31.1 Å². The molecule has 1 saturated heterocycles. The van der Waals surface area contributed by atoms with E-state index in [2.05, 4.69) is 25.5 Å². The Morgan fingerprint density at radius 1 is 1.40 bits per heavy atom. The van der Waals surface area contributed by atoms with Gasteiger partial charge in [-0.1, -0.05) is 6.92 Å². The number of aliphatic hydroxyl groups is 2. The first kappa shape index (κ1) is 20.6. The van der Waals surface area contributed by atoms with E-state index in [1.54, 1.807) is 37.1 Å². The molecule has 0 amide bonds. The Morgan fingerprint density at radius 3 is 2.97 bits per heavy atom. The second kappa shape index (κ2) is 7.86. The highest BCUT2D eigenvalue weighted by Gasteiger charge is 2.40. The van der Waals surface area contributed by atoms with Gasteiger partial charge in [-0.15, -0.1) is 0 Å². The Bertz CT molecular complexity index is 1070. The van der Waals surface area contributed by atoms with Crippen LogP contribution < -0.4 is 10.2 Å². The molecule has 0 aromatic carbocycles. The van der Waals surface area contributed by atoms with E-state index in [1.165, 1.54) is 0 Å². The zero-order valence-electron chi connectivity index (χ0n) is 16.7. The van der Waals surface area contributed by atoms with Crippen molar-refractivity contribution in [1.82, 2.24) is 25.5 Å². The summed E-state index contributed by atoms with van der Waals surface area (Å²) in [5.41, 5.74) is -0.536. The molecule has 1 unspecified atom stereocenters. The summed E-state index contributed by atoms with van der Waals surface area (Å²) in [6, 6.07) is 3.82. The van der Waals surface area contributed by atoms with Gasteiger partial charge in [0.15, 0.2) is 23.1 Å². The largest absolute Gasteiger partial charge is 0.396 e. The lowest BCUT2D eigenvalue weighted by molar-refractivity contribution is -0.0469. The highest BCUT2D eigenvalue weighted by atomic mass is 19.1. The van der Waals surface area contributed by atoms with Gasteiger partial charge >= 0.3 is 0 Å². The van der Waals surface area contributed by atoms with Gasteiger partial charge in [-0.3, -0.25) is 5.10 Å². The Labute approximate surface area is 177 Å². The molecule has 0 bridgehead atoms. The van der Waals surface area contributed by atoms with Crippen molar-refractivity contribution in [3.8, 4) is 11.4 Å². The summed E-state index contributed by atoms with van der Waals surface area (Å²) in [5.74, 6) is -1.98. The molecule has 0 saturated carbocycles. The molecule has 3 aromatic rings. The number of nitrogens with one attached hydrogen (secondary N) is 2. The normalized spacial score (nSPS) is 20.3. The summed E-state index contributed by atoms with van der Waals surface area (Å²) in [4.78, 5) is 10.1. The zero-order chi connectivity index (χ0) is 21.5. The molecule has 0 spiro atoms. The minimum absolute atomic E-state index is 0. The number of aromatic nitrogens is 4. The number of halogens is 2. The van der Waals surface area contributed by atoms with Gasteiger partial charge in [0.2, 0.25) is 0 Å². The van der Waals surface area contributed by atoms with E-state index in [-0.39, 0.29) is 36.3 Å². The van der Waals surface area contributed by atoms with E-state index in [4.69, 9.17) is 0 Å². The summed E-state index contributed by atoms with van der Waals surface area (Å²) < 4.78 is 29.4. The second-order valence-electron chi connectivity index (χ2n) is 7.86. The molecule has 4 rings (SSSR count). The standard InChI is InChI=1S/C20H24F2N6O2.4H2/c1-11(10-29)20(2,30)15-9-28(7-6-23-15)19-14(22)8-13(21)17(25-19)16-12-4-3-5-24-18(12)27-26-16;;;;/h3-5,8,11,15,23,29-30H,6-7,9-10H2,1-2H3,(H,24,26,27);4*1H/t11?,15-,20-;;;;/m0..../s1.